The second kappa shape index (κ2) is 5.49. The lowest BCUT2D eigenvalue weighted by atomic mass is 9.87. The molecular formula is C16H21N3O. The van der Waals surface area contributed by atoms with E-state index >= 15 is 0 Å². The van der Waals surface area contributed by atoms with Crippen molar-refractivity contribution < 1.29 is 4.74 Å². The van der Waals surface area contributed by atoms with E-state index in [9.17, 15) is 0 Å². The van der Waals surface area contributed by atoms with Gasteiger partial charge in [0.2, 0.25) is 11.8 Å². The summed E-state index contributed by atoms with van der Waals surface area (Å²) in [5, 5.41) is 2.91. The van der Waals surface area contributed by atoms with E-state index in [0.29, 0.717) is 11.8 Å². The Bertz CT molecular complexity index is 603. The topological polar surface area (TPSA) is 47.0 Å². The average molecular weight is 271 g/mol. The molecule has 1 aromatic heterocycles. The van der Waals surface area contributed by atoms with Gasteiger partial charge >= 0.3 is 0 Å². The molecule has 2 aromatic rings. The first-order valence-electron chi connectivity index (χ1n) is 6.70. The van der Waals surface area contributed by atoms with Crippen LogP contribution in [0.5, 0.6) is 11.6 Å². The van der Waals surface area contributed by atoms with E-state index in [-0.39, 0.29) is 5.41 Å². The van der Waals surface area contributed by atoms with Crippen LogP contribution in [-0.2, 0) is 5.41 Å². The van der Waals surface area contributed by atoms with Crippen LogP contribution in [0.2, 0.25) is 0 Å². The van der Waals surface area contributed by atoms with Crippen molar-refractivity contribution in [3.63, 3.8) is 0 Å². The number of ether oxygens (including phenoxy) is 1. The number of anilines is 1. The lowest BCUT2D eigenvalue weighted by Crippen LogP contribution is -2.10. The summed E-state index contributed by atoms with van der Waals surface area (Å²) in [5.41, 5.74) is 2.23. The maximum atomic E-state index is 5.90. The van der Waals surface area contributed by atoms with Gasteiger partial charge in [0.25, 0.3) is 0 Å². The van der Waals surface area contributed by atoms with Crippen LogP contribution >= 0.6 is 0 Å². The number of hydrogen-bond donors (Lipinski definition) is 1. The van der Waals surface area contributed by atoms with Crippen molar-refractivity contribution >= 4 is 5.95 Å². The predicted octanol–water partition coefficient (Wildman–Crippen LogP) is 3.92. The van der Waals surface area contributed by atoms with Crippen molar-refractivity contribution in [2.45, 2.75) is 33.1 Å². The van der Waals surface area contributed by atoms with Gasteiger partial charge in [0.1, 0.15) is 5.75 Å². The Kier molecular flexibility index (Phi) is 3.93. The van der Waals surface area contributed by atoms with Gasteiger partial charge < -0.3 is 10.1 Å². The monoisotopic (exact) mass is 271 g/mol. The molecule has 0 amide bonds. The molecule has 1 N–H and O–H groups in total. The van der Waals surface area contributed by atoms with E-state index in [1.54, 1.807) is 13.2 Å². The number of nitrogens with zero attached hydrogens (tertiary/aromatic N) is 2. The molecule has 0 unspecified atom stereocenters. The molecule has 0 fully saturated rings. The van der Waals surface area contributed by atoms with Gasteiger partial charge in [0.15, 0.2) is 0 Å². The Morgan fingerprint density at radius 1 is 1.20 bits per heavy atom. The summed E-state index contributed by atoms with van der Waals surface area (Å²) in [6, 6.07) is 8.11. The van der Waals surface area contributed by atoms with Crippen LogP contribution in [0.3, 0.4) is 0 Å². The maximum Gasteiger partial charge on any atom is 0.226 e. The van der Waals surface area contributed by atoms with E-state index in [0.717, 1.165) is 11.3 Å². The van der Waals surface area contributed by atoms with Crippen LogP contribution in [0.4, 0.5) is 5.95 Å². The molecule has 20 heavy (non-hydrogen) atoms. The largest absolute Gasteiger partial charge is 0.439 e. The van der Waals surface area contributed by atoms with Crippen LogP contribution in [0.1, 0.15) is 31.9 Å². The van der Waals surface area contributed by atoms with Crippen molar-refractivity contribution in [2.24, 2.45) is 0 Å². The summed E-state index contributed by atoms with van der Waals surface area (Å²) >= 11 is 0. The van der Waals surface area contributed by atoms with Crippen molar-refractivity contribution in [3.8, 4) is 11.6 Å². The van der Waals surface area contributed by atoms with Gasteiger partial charge in [-0.3, -0.25) is 0 Å². The van der Waals surface area contributed by atoms with Crippen molar-refractivity contribution in [1.29, 1.82) is 0 Å². The molecule has 2 rings (SSSR count). The van der Waals surface area contributed by atoms with Gasteiger partial charge in [-0.1, -0.05) is 32.9 Å². The molecule has 4 nitrogen and oxygen atoms in total. The SMILES string of the molecule is CNc1ncc(C)c(Oc2cccc(C(C)(C)C)c2)n1. The molecule has 0 radical (unpaired) electrons. The Hall–Kier alpha value is -2.10. The van der Waals surface area contributed by atoms with E-state index in [4.69, 9.17) is 4.74 Å². The number of aryl methyl sites for hydroxylation is 1. The molecule has 0 bridgehead atoms. The highest BCUT2D eigenvalue weighted by atomic mass is 16.5. The first-order valence-corrected chi connectivity index (χ1v) is 6.70. The highest BCUT2D eigenvalue weighted by molar-refractivity contribution is 5.38. The van der Waals surface area contributed by atoms with Gasteiger partial charge in [0.05, 0.1) is 0 Å². The fraction of sp³-hybridized carbons (Fsp3) is 0.375. The summed E-state index contributed by atoms with van der Waals surface area (Å²) in [4.78, 5) is 8.49. The second-order valence-electron chi connectivity index (χ2n) is 5.81. The molecule has 0 saturated carbocycles. The second-order valence-corrected chi connectivity index (χ2v) is 5.81. The highest BCUT2D eigenvalue weighted by Gasteiger charge is 2.14. The molecule has 0 atom stereocenters. The van der Waals surface area contributed by atoms with Crippen LogP contribution in [0.25, 0.3) is 0 Å². The van der Waals surface area contributed by atoms with Gasteiger partial charge in [-0.2, -0.15) is 4.98 Å². The predicted molar refractivity (Wildman–Crippen MR) is 81.5 cm³/mol. The van der Waals surface area contributed by atoms with Gasteiger partial charge in [-0.05, 0) is 30.0 Å². The van der Waals surface area contributed by atoms with Gasteiger partial charge in [-0.15, -0.1) is 0 Å². The third-order valence-electron chi connectivity index (χ3n) is 3.06. The molecule has 4 heteroatoms. The Balaban J connectivity index is 2.30. The molecular weight excluding hydrogens is 250 g/mol. The lowest BCUT2D eigenvalue weighted by molar-refractivity contribution is 0.455. The number of nitrogens with one attached hydrogen (secondary N) is 1. The number of aromatic nitrogens is 2. The Labute approximate surface area is 120 Å². The molecule has 0 aliphatic rings. The summed E-state index contributed by atoms with van der Waals surface area (Å²) in [7, 11) is 1.79. The first-order chi connectivity index (χ1) is 9.40. The number of hydrogen-bond acceptors (Lipinski definition) is 4. The molecule has 0 aliphatic carbocycles. The van der Waals surface area contributed by atoms with Crippen LogP contribution in [0.15, 0.2) is 30.5 Å². The van der Waals surface area contributed by atoms with Gasteiger partial charge in [-0.25, -0.2) is 4.98 Å². The molecule has 1 aromatic carbocycles. The lowest BCUT2D eigenvalue weighted by Gasteiger charge is -2.19. The zero-order chi connectivity index (χ0) is 14.8. The van der Waals surface area contributed by atoms with Gasteiger partial charge in [0, 0.05) is 18.8 Å². The fourth-order valence-electron chi connectivity index (χ4n) is 1.79. The third kappa shape index (κ3) is 3.26. The fourth-order valence-corrected chi connectivity index (χ4v) is 1.79. The molecule has 1 heterocycles. The Morgan fingerprint density at radius 3 is 2.60 bits per heavy atom. The van der Waals surface area contributed by atoms with Crippen LogP contribution < -0.4 is 10.1 Å². The smallest absolute Gasteiger partial charge is 0.226 e. The maximum absolute atomic E-state index is 5.90. The van der Waals surface area contributed by atoms with Crippen LogP contribution in [0, 0.1) is 6.92 Å². The van der Waals surface area contributed by atoms with Crippen molar-refractivity contribution in [1.82, 2.24) is 9.97 Å². The van der Waals surface area contributed by atoms with E-state index in [1.165, 1.54) is 5.56 Å². The van der Waals surface area contributed by atoms with Crippen molar-refractivity contribution in [3.05, 3.63) is 41.6 Å². The molecule has 0 saturated heterocycles. The van der Waals surface area contributed by atoms with E-state index < -0.39 is 0 Å². The summed E-state index contributed by atoms with van der Waals surface area (Å²) in [6.45, 7) is 8.48. The summed E-state index contributed by atoms with van der Waals surface area (Å²) in [5.74, 6) is 1.93. The number of benzene rings is 1. The number of rotatable bonds is 3. The van der Waals surface area contributed by atoms with E-state index in [1.807, 2.05) is 19.1 Å². The zero-order valence-electron chi connectivity index (χ0n) is 12.7. The first kappa shape index (κ1) is 14.3. The minimum atomic E-state index is 0.0935. The minimum absolute atomic E-state index is 0.0935. The summed E-state index contributed by atoms with van der Waals surface area (Å²) < 4.78 is 5.90. The molecule has 0 aliphatic heterocycles. The average Bonchev–Trinajstić information content (AvgIpc) is 2.41. The quantitative estimate of drug-likeness (QED) is 0.919. The summed E-state index contributed by atoms with van der Waals surface area (Å²) in [6.07, 6.45) is 1.75. The standard InChI is InChI=1S/C16H21N3O/c1-11-10-18-15(17-5)19-14(11)20-13-8-6-7-12(9-13)16(2,3)4/h6-10H,1-5H3,(H,17,18,19). The normalized spacial score (nSPS) is 11.2. The van der Waals surface area contributed by atoms with Crippen molar-refractivity contribution in [2.75, 3.05) is 12.4 Å². The van der Waals surface area contributed by atoms with E-state index in [2.05, 4.69) is 48.2 Å². The highest BCUT2D eigenvalue weighted by Crippen LogP contribution is 2.29. The zero-order valence-corrected chi connectivity index (χ0v) is 12.7. The minimum Gasteiger partial charge on any atom is -0.439 e. The molecule has 0 spiro atoms. The van der Waals surface area contributed by atoms with Crippen LogP contribution in [-0.4, -0.2) is 17.0 Å². The third-order valence-corrected chi connectivity index (χ3v) is 3.06. The Morgan fingerprint density at radius 2 is 1.95 bits per heavy atom. The molecule has 106 valence electrons.